The molecule has 1 amide bonds. The molecule has 1 aliphatic heterocycles. The monoisotopic (exact) mass is 289 g/mol. The van der Waals surface area contributed by atoms with Gasteiger partial charge in [0.1, 0.15) is 6.04 Å². The Kier molecular flexibility index (Phi) is 4.73. The first-order chi connectivity index (χ1) is 10.0. The summed E-state index contributed by atoms with van der Waals surface area (Å²) in [5.41, 5.74) is 1.59. The van der Waals surface area contributed by atoms with Gasteiger partial charge in [0.05, 0.1) is 6.61 Å². The molecule has 0 saturated carbocycles. The van der Waals surface area contributed by atoms with Crippen LogP contribution in [-0.4, -0.2) is 41.8 Å². The quantitative estimate of drug-likeness (QED) is 0.625. The Bertz CT molecular complexity index is 550. The van der Waals surface area contributed by atoms with E-state index in [9.17, 15) is 14.4 Å². The average molecular weight is 289 g/mol. The van der Waals surface area contributed by atoms with E-state index < -0.39 is 17.8 Å². The van der Waals surface area contributed by atoms with Gasteiger partial charge in [-0.15, -0.1) is 0 Å². The third-order valence-electron chi connectivity index (χ3n) is 3.59. The van der Waals surface area contributed by atoms with Gasteiger partial charge in [0.2, 0.25) is 0 Å². The Morgan fingerprint density at radius 3 is 2.52 bits per heavy atom. The van der Waals surface area contributed by atoms with Crippen LogP contribution in [0.15, 0.2) is 24.3 Å². The topological polar surface area (TPSA) is 63.7 Å². The Morgan fingerprint density at radius 1 is 1.24 bits per heavy atom. The summed E-state index contributed by atoms with van der Waals surface area (Å²) in [7, 11) is 0. The van der Waals surface area contributed by atoms with Crippen LogP contribution in [0, 0.1) is 6.92 Å². The standard InChI is InChI=1S/C16H19NO4/c1-3-21-16(20)14(18)13-5-4-10-17(13)15(19)12-8-6-11(2)7-9-12/h6-9,13H,3-5,10H2,1-2H3/t13-/m0/s1. The molecule has 112 valence electrons. The molecule has 1 aliphatic rings. The fourth-order valence-corrected chi connectivity index (χ4v) is 2.48. The number of benzene rings is 1. The van der Waals surface area contributed by atoms with Crippen LogP contribution in [-0.2, 0) is 14.3 Å². The molecule has 21 heavy (non-hydrogen) atoms. The predicted octanol–water partition coefficient (Wildman–Crippen LogP) is 1.73. The SMILES string of the molecule is CCOC(=O)C(=O)[C@@H]1CCCN1C(=O)c1ccc(C)cc1. The first kappa shape index (κ1) is 15.2. The zero-order valence-electron chi connectivity index (χ0n) is 12.3. The molecule has 0 bridgehead atoms. The minimum atomic E-state index is -0.855. The summed E-state index contributed by atoms with van der Waals surface area (Å²) in [5.74, 6) is -1.70. The largest absolute Gasteiger partial charge is 0.460 e. The maximum atomic E-state index is 12.5. The van der Waals surface area contributed by atoms with Crippen molar-refractivity contribution in [1.82, 2.24) is 4.90 Å². The van der Waals surface area contributed by atoms with Crippen molar-refractivity contribution >= 4 is 17.7 Å². The van der Waals surface area contributed by atoms with Crippen LogP contribution in [0.25, 0.3) is 0 Å². The summed E-state index contributed by atoms with van der Waals surface area (Å²) < 4.78 is 4.74. The minimum Gasteiger partial charge on any atom is -0.460 e. The molecule has 0 N–H and O–H groups in total. The van der Waals surface area contributed by atoms with Crippen LogP contribution in [0.2, 0.25) is 0 Å². The number of ether oxygens (including phenoxy) is 1. The third kappa shape index (κ3) is 3.29. The predicted molar refractivity (Wildman–Crippen MR) is 76.9 cm³/mol. The summed E-state index contributed by atoms with van der Waals surface area (Å²) >= 11 is 0. The van der Waals surface area contributed by atoms with Crippen LogP contribution in [0.3, 0.4) is 0 Å². The zero-order valence-corrected chi connectivity index (χ0v) is 12.3. The maximum Gasteiger partial charge on any atom is 0.376 e. The molecule has 0 aromatic heterocycles. The molecule has 1 atom stereocenters. The molecule has 0 spiro atoms. The molecule has 1 saturated heterocycles. The lowest BCUT2D eigenvalue weighted by molar-refractivity contribution is -0.155. The van der Waals surface area contributed by atoms with Crippen molar-refractivity contribution in [3.63, 3.8) is 0 Å². The summed E-state index contributed by atoms with van der Waals surface area (Å²) in [4.78, 5) is 37.6. The fraction of sp³-hybridized carbons (Fsp3) is 0.438. The van der Waals surface area contributed by atoms with E-state index in [1.165, 1.54) is 4.90 Å². The van der Waals surface area contributed by atoms with E-state index >= 15 is 0 Å². The van der Waals surface area contributed by atoms with Crippen LogP contribution < -0.4 is 0 Å². The minimum absolute atomic E-state index is 0.156. The summed E-state index contributed by atoms with van der Waals surface area (Å²) in [6.45, 7) is 4.23. The van der Waals surface area contributed by atoms with Crippen molar-refractivity contribution in [3.05, 3.63) is 35.4 Å². The number of likely N-dealkylation sites (tertiary alicyclic amines) is 1. The van der Waals surface area contributed by atoms with Gasteiger partial charge in [0.25, 0.3) is 11.7 Å². The number of esters is 1. The average Bonchev–Trinajstić information content (AvgIpc) is 2.96. The lowest BCUT2D eigenvalue weighted by Crippen LogP contribution is -2.43. The molecule has 2 rings (SSSR count). The van der Waals surface area contributed by atoms with Crippen LogP contribution in [0.5, 0.6) is 0 Å². The number of carbonyl (C=O) groups excluding carboxylic acids is 3. The van der Waals surface area contributed by atoms with Gasteiger partial charge in [-0.25, -0.2) is 4.79 Å². The maximum absolute atomic E-state index is 12.5. The van der Waals surface area contributed by atoms with E-state index in [4.69, 9.17) is 4.74 Å². The molecule has 0 unspecified atom stereocenters. The van der Waals surface area contributed by atoms with Crippen LogP contribution in [0.4, 0.5) is 0 Å². The van der Waals surface area contributed by atoms with Crippen molar-refractivity contribution in [2.24, 2.45) is 0 Å². The molecular weight excluding hydrogens is 270 g/mol. The number of Topliss-reactive ketones (excluding diaryl/α,β-unsaturated/α-hetero) is 1. The number of nitrogens with zero attached hydrogens (tertiary/aromatic N) is 1. The molecule has 5 nitrogen and oxygen atoms in total. The first-order valence-electron chi connectivity index (χ1n) is 7.13. The second-order valence-corrected chi connectivity index (χ2v) is 5.11. The van der Waals surface area contributed by atoms with E-state index in [2.05, 4.69) is 0 Å². The molecule has 5 heteroatoms. The van der Waals surface area contributed by atoms with Crippen molar-refractivity contribution in [1.29, 1.82) is 0 Å². The van der Waals surface area contributed by atoms with Gasteiger partial charge < -0.3 is 9.64 Å². The Balaban J connectivity index is 2.14. The Morgan fingerprint density at radius 2 is 1.90 bits per heavy atom. The van der Waals surface area contributed by atoms with Crippen molar-refractivity contribution in [2.45, 2.75) is 32.7 Å². The Labute approximate surface area is 123 Å². The molecule has 1 aromatic rings. The van der Waals surface area contributed by atoms with Crippen molar-refractivity contribution in [3.8, 4) is 0 Å². The van der Waals surface area contributed by atoms with Gasteiger partial charge in [-0.3, -0.25) is 9.59 Å². The van der Waals surface area contributed by atoms with Gasteiger partial charge in [0, 0.05) is 12.1 Å². The highest BCUT2D eigenvalue weighted by molar-refractivity contribution is 6.36. The van der Waals surface area contributed by atoms with Crippen molar-refractivity contribution < 1.29 is 19.1 Å². The van der Waals surface area contributed by atoms with Gasteiger partial charge >= 0.3 is 5.97 Å². The number of hydrogen-bond donors (Lipinski definition) is 0. The number of ketones is 1. The van der Waals surface area contributed by atoms with Gasteiger partial charge in [-0.1, -0.05) is 17.7 Å². The molecule has 1 heterocycles. The van der Waals surface area contributed by atoms with E-state index in [1.807, 2.05) is 19.1 Å². The second-order valence-electron chi connectivity index (χ2n) is 5.11. The van der Waals surface area contributed by atoms with E-state index in [0.717, 1.165) is 5.56 Å². The fourth-order valence-electron chi connectivity index (χ4n) is 2.48. The van der Waals surface area contributed by atoms with Crippen LogP contribution >= 0.6 is 0 Å². The molecule has 1 fully saturated rings. The molecule has 0 radical (unpaired) electrons. The van der Waals surface area contributed by atoms with Crippen molar-refractivity contribution in [2.75, 3.05) is 13.2 Å². The van der Waals surface area contributed by atoms with Gasteiger partial charge in [0.15, 0.2) is 0 Å². The number of amides is 1. The highest BCUT2D eigenvalue weighted by Gasteiger charge is 2.38. The van der Waals surface area contributed by atoms with E-state index in [0.29, 0.717) is 24.9 Å². The number of carbonyl (C=O) groups is 3. The smallest absolute Gasteiger partial charge is 0.376 e. The lowest BCUT2D eigenvalue weighted by atomic mass is 10.1. The summed E-state index contributed by atoms with van der Waals surface area (Å²) in [6.07, 6.45) is 1.22. The van der Waals surface area contributed by atoms with Gasteiger partial charge in [-0.2, -0.15) is 0 Å². The first-order valence-corrected chi connectivity index (χ1v) is 7.13. The second kappa shape index (κ2) is 6.52. The lowest BCUT2D eigenvalue weighted by Gasteiger charge is -2.23. The molecule has 1 aromatic carbocycles. The highest BCUT2D eigenvalue weighted by Crippen LogP contribution is 2.21. The zero-order chi connectivity index (χ0) is 15.4. The third-order valence-corrected chi connectivity index (χ3v) is 3.59. The highest BCUT2D eigenvalue weighted by atomic mass is 16.5. The number of rotatable bonds is 4. The number of aryl methyl sites for hydroxylation is 1. The number of hydrogen-bond acceptors (Lipinski definition) is 4. The van der Waals surface area contributed by atoms with E-state index in [-0.39, 0.29) is 12.5 Å². The normalized spacial score (nSPS) is 17.6. The summed E-state index contributed by atoms with van der Waals surface area (Å²) in [5, 5.41) is 0. The summed E-state index contributed by atoms with van der Waals surface area (Å²) in [6, 6.07) is 6.48. The van der Waals surface area contributed by atoms with E-state index in [1.54, 1.807) is 19.1 Å². The van der Waals surface area contributed by atoms with Crippen LogP contribution in [0.1, 0.15) is 35.7 Å². The molecule has 0 aliphatic carbocycles. The van der Waals surface area contributed by atoms with Gasteiger partial charge in [-0.05, 0) is 38.8 Å². The molecular formula is C16H19NO4. The Hall–Kier alpha value is -2.17.